The van der Waals surface area contributed by atoms with Crippen LogP contribution in [0.25, 0.3) is 0 Å². The maximum Gasteiger partial charge on any atom is 0.311 e. The van der Waals surface area contributed by atoms with Crippen LogP contribution in [0.3, 0.4) is 0 Å². The maximum atomic E-state index is 12.2. The Hall–Kier alpha value is -3.53. The average molecular weight is 312 g/mol. The topological polar surface area (TPSA) is 102 Å². The number of nitro groups is 1. The molecule has 2 rings (SSSR count). The van der Waals surface area contributed by atoms with Gasteiger partial charge in [0, 0.05) is 23.4 Å². The summed E-state index contributed by atoms with van der Waals surface area (Å²) in [6.07, 6.45) is 5.28. The lowest BCUT2D eigenvalue weighted by Crippen LogP contribution is -2.13. The van der Waals surface area contributed by atoms with Gasteiger partial charge in [0.05, 0.1) is 17.6 Å². The maximum absolute atomic E-state index is 12.2. The number of hydrogen-bond acceptors (Lipinski definition) is 5. The van der Waals surface area contributed by atoms with Crippen LogP contribution < -0.4 is 10.1 Å². The van der Waals surface area contributed by atoms with Crippen LogP contribution in [-0.4, -0.2) is 23.0 Å². The first-order chi connectivity index (χ1) is 11.0. The molecule has 0 aliphatic carbocycles. The number of nitrogens with one attached hydrogen (secondary N) is 1. The van der Waals surface area contributed by atoms with E-state index in [1.807, 2.05) is 0 Å². The van der Waals surface area contributed by atoms with Gasteiger partial charge in [0.25, 0.3) is 5.91 Å². The number of phenolic OH excluding ortho intramolecular Hbond substituents is 1. The number of carbonyl (C=O) groups excluding carboxylic acids is 1. The Morgan fingerprint density at radius 1 is 1.39 bits per heavy atom. The zero-order valence-corrected chi connectivity index (χ0v) is 12.1. The van der Waals surface area contributed by atoms with Gasteiger partial charge in [0.2, 0.25) is 5.75 Å². The molecule has 0 fully saturated rings. The van der Waals surface area contributed by atoms with Gasteiger partial charge in [0.1, 0.15) is 5.75 Å². The van der Waals surface area contributed by atoms with E-state index in [4.69, 9.17) is 11.2 Å². The Balaban J connectivity index is 2.37. The number of terminal acetylenes is 1. The molecule has 2 aromatic carbocycles. The zero-order valence-electron chi connectivity index (χ0n) is 12.1. The minimum atomic E-state index is -0.706. The van der Waals surface area contributed by atoms with Crippen molar-refractivity contribution in [2.24, 2.45) is 0 Å². The van der Waals surface area contributed by atoms with E-state index in [2.05, 4.69) is 11.2 Å². The molecule has 0 saturated heterocycles. The number of anilines is 1. The molecular weight excluding hydrogens is 300 g/mol. The number of amides is 1. The van der Waals surface area contributed by atoms with Gasteiger partial charge in [-0.15, -0.1) is 6.42 Å². The number of phenols is 1. The van der Waals surface area contributed by atoms with Crippen LogP contribution in [0.15, 0.2) is 36.4 Å². The fourth-order valence-electron chi connectivity index (χ4n) is 1.93. The minimum Gasteiger partial charge on any atom is -0.507 e. The third kappa shape index (κ3) is 3.39. The third-order valence-corrected chi connectivity index (χ3v) is 3.03. The lowest BCUT2D eigenvalue weighted by atomic mass is 10.1. The first-order valence-electron chi connectivity index (χ1n) is 6.39. The summed E-state index contributed by atoms with van der Waals surface area (Å²) in [5.74, 6) is 1.15. The highest BCUT2D eigenvalue weighted by atomic mass is 16.6. The molecule has 1 amide bonds. The number of aromatic hydroxyl groups is 1. The Morgan fingerprint density at radius 3 is 2.74 bits per heavy atom. The molecule has 0 saturated carbocycles. The SMILES string of the molecule is C#Cc1cccc(NC(=O)c2cc([N+](=O)[O-])c(OC)cc2O)c1. The van der Waals surface area contributed by atoms with E-state index in [-0.39, 0.29) is 11.3 Å². The fourth-order valence-corrected chi connectivity index (χ4v) is 1.93. The number of rotatable bonds is 4. The van der Waals surface area contributed by atoms with E-state index < -0.39 is 22.3 Å². The average Bonchev–Trinajstić information content (AvgIpc) is 2.54. The standard InChI is InChI=1S/C16H12N2O5/c1-3-10-5-4-6-11(7-10)17-16(20)12-8-13(18(21)22)15(23-2)9-14(12)19/h1,4-9,19H,2H3,(H,17,20). The van der Waals surface area contributed by atoms with Crippen LogP contribution in [0.2, 0.25) is 0 Å². The second-order valence-corrected chi connectivity index (χ2v) is 4.48. The smallest absolute Gasteiger partial charge is 0.311 e. The summed E-state index contributed by atoms with van der Waals surface area (Å²) in [7, 11) is 1.23. The molecule has 0 spiro atoms. The molecule has 116 valence electrons. The van der Waals surface area contributed by atoms with Gasteiger partial charge < -0.3 is 15.2 Å². The number of hydrogen-bond donors (Lipinski definition) is 2. The molecule has 0 unspecified atom stereocenters. The van der Waals surface area contributed by atoms with Crippen LogP contribution in [0.5, 0.6) is 11.5 Å². The highest BCUT2D eigenvalue weighted by Crippen LogP contribution is 2.34. The van der Waals surface area contributed by atoms with Crippen LogP contribution in [0.4, 0.5) is 11.4 Å². The molecule has 23 heavy (non-hydrogen) atoms. The Morgan fingerprint density at radius 2 is 2.13 bits per heavy atom. The minimum absolute atomic E-state index is 0.140. The van der Waals surface area contributed by atoms with Crippen molar-refractivity contribution in [2.75, 3.05) is 12.4 Å². The van der Waals surface area contributed by atoms with Gasteiger partial charge in [0.15, 0.2) is 0 Å². The van der Waals surface area contributed by atoms with Crippen molar-refractivity contribution < 1.29 is 19.6 Å². The van der Waals surface area contributed by atoms with Crippen molar-refractivity contribution in [2.45, 2.75) is 0 Å². The number of nitro benzene ring substituents is 1. The van der Waals surface area contributed by atoms with E-state index in [0.717, 1.165) is 12.1 Å². The van der Waals surface area contributed by atoms with Crippen molar-refractivity contribution in [1.82, 2.24) is 0 Å². The summed E-state index contributed by atoms with van der Waals surface area (Å²) < 4.78 is 4.82. The number of benzene rings is 2. The molecule has 0 atom stereocenters. The first kappa shape index (κ1) is 15.9. The Labute approximate surface area is 131 Å². The van der Waals surface area contributed by atoms with E-state index in [1.165, 1.54) is 7.11 Å². The molecule has 0 heterocycles. The molecule has 0 radical (unpaired) electrons. The number of nitrogens with zero attached hydrogens (tertiary/aromatic N) is 1. The molecule has 7 nitrogen and oxygen atoms in total. The summed E-state index contributed by atoms with van der Waals surface area (Å²) in [6.45, 7) is 0. The normalized spacial score (nSPS) is 9.74. The second kappa shape index (κ2) is 6.49. The highest BCUT2D eigenvalue weighted by molar-refractivity contribution is 6.06. The molecule has 0 aromatic heterocycles. The van der Waals surface area contributed by atoms with Crippen LogP contribution in [0, 0.1) is 22.5 Å². The van der Waals surface area contributed by atoms with Crippen molar-refractivity contribution in [3.8, 4) is 23.8 Å². The molecule has 2 aromatic rings. The summed E-state index contributed by atoms with van der Waals surface area (Å²) in [5, 5.41) is 23.4. The number of methoxy groups -OCH3 is 1. The monoisotopic (exact) mass is 312 g/mol. The third-order valence-electron chi connectivity index (χ3n) is 3.03. The van der Waals surface area contributed by atoms with Gasteiger partial charge in [-0.2, -0.15) is 0 Å². The van der Waals surface area contributed by atoms with Crippen molar-refractivity contribution in [3.63, 3.8) is 0 Å². The van der Waals surface area contributed by atoms with E-state index in [1.54, 1.807) is 24.3 Å². The predicted molar refractivity (Wildman–Crippen MR) is 83.6 cm³/mol. The zero-order chi connectivity index (χ0) is 17.0. The summed E-state index contributed by atoms with van der Waals surface area (Å²) in [6, 6.07) is 8.48. The fraction of sp³-hybridized carbons (Fsp3) is 0.0625. The Kier molecular flexibility index (Phi) is 4.47. The second-order valence-electron chi connectivity index (χ2n) is 4.48. The highest BCUT2D eigenvalue weighted by Gasteiger charge is 2.22. The molecule has 0 bridgehead atoms. The van der Waals surface area contributed by atoms with Gasteiger partial charge >= 0.3 is 5.69 Å². The van der Waals surface area contributed by atoms with E-state index in [9.17, 15) is 20.0 Å². The number of ether oxygens (including phenoxy) is 1. The van der Waals surface area contributed by atoms with Crippen molar-refractivity contribution >= 4 is 17.3 Å². The van der Waals surface area contributed by atoms with Gasteiger partial charge in [-0.05, 0) is 18.2 Å². The molecule has 0 aliphatic heterocycles. The van der Waals surface area contributed by atoms with Crippen molar-refractivity contribution in [1.29, 1.82) is 0 Å². The quantitative estimate of drug-likeness (QED) is 0.513. The van der Waals surface area contributed by atoms with Gasteiger partial charge in [-0.25, -0.2) is 0 Å². The van der Waals surface area contributed by atoms with Gasteiger partial charge in [-0.1, -0.05) is 12.0 Å². The predicted octanol–water partition coefficient (Wildman–Crippen LogP) is 2.54. The molecule has 7 heteroatoms. The number of carbonyl (C=O) groups is 1. The Bertz CT molecular complexity index is 824. The summed E-state index contributed by atoms with van der Waals surface area (Å²) >= 11 is 0. The van der Waals surface area contributed by atoms with E-state index >= 15 is 0 Å². The lowest BCUT2D eigenvalue weighted by Gasteiger charge is -2.09. The van der Waals surface area contributed by atoms with Crippen LogP contribution in [-0.2, 0) is 0 Å². The first-order valence-corrected chi connectivity index (χ1v) is 6.39. The van der Waals surface area contributed by atoms with Crippen LogP contribution >= 0.6 is 0 Å². The lowest BCUT2D eigenvalue weighted by molar-refractivity contribution is -0.385. The largest absolute Gasteiger partial charge is 0.507 e. The molecular formula is C16H12N2O5. The van der Waals surface area contributed by atoms with Crippen molar-refractivity contribution in [3.05, 3.63) is 57.6 Å². The summed E-state index contributed by atoms with van der Waals surface area (Å²) in [4.78, 5) is 22.5. The van der Waals surface area contributed by atoms with E-state index in [0.29, 0.717) is 11.3 Å². The van der Waals surface area contributed by atoms with Crippen LogP contribution in [0.1, 0.15) is 15.9 Å². The van der Waals surface area contributed by atoms with Gasteiger partial charge in [-0.3, -0.25) is 14.9 Å². The molecule has 2 N–H and O–H groups in total. The molecule has 0 aliphatic rings. The summed E-state index contributed by atoms with van der Waals surface area (Å²) in [5.41, 5.74) is 0.299.